The molecule has 0 aromatic heterocycles. The molecule has 8 heteroatoms. The molecule has 26 heavy (non-hydrogen) atoms. The average molecular weight is 542 g/mol. The van der Waals surface area contributed by atoms with E-state index in [0.29, 0.717) is 18.0 Å². The first-order chi connectivity index (χ1) is 12.2. The van der Waals surface area contributed by atoms with Gasteiger partial charge in [-0.2, -0.15) is 0 Å². The van der Waals surface area contributed by atoms with Crippen LogP contribution in [-0.4, -0.2) is 47.0 Å². The molecule has 0 atom stereocenters. The van der Waals surface area contributed by atoms with Crippen molar-refractivity contribution < 1.29 is 14.2 Å². The molecule has 1 fully saturated rings. The molecule has 1 saturated carbocycles. The Balaban J connectivity index is 0.00000338. The predicted octanol–water partition coefficient (Wildman–Crippen LogP) is 3.57. The third-order valence-corrected chi connectivity index (χ3v) is 4.77. The second-order valence-corrected chi connectivity index (χ2v) is 6.88. The van der Waals surface area contributed by atoms with Gasteiger partial charge in [0.25, 0.3) is 0 Å². The molecule has 0 unspecified atom stereocenters. The third-order valence-electron chi connectivity index (χ3n) is 4.03. The number of ether oxygens (including phenoxy) is 3. The van der Waals surface area contributed by atoms with Crippen molar-refractivity contribution in [1.29, 1.82) is 0 Å². The van der Waals surface area contributed by atoms with E-state index in [1.54, 1.807) is 21.3 Å². The molecule has 0 aliphatic heterocycles. The van der Waals surface area contributed by atoms with E-state index in [1.807, 2.05) is 12.1 Å². The highest BCUT2D eigenvalue weighted by atomic mass is 127. The summed E-state index contributed by atoms with van der Waals surface area (Å²) in [6.45, 7) is 3.16. The van der Waals surface area contributed by atoms with Crippen LogP contribution in [-0.2, 0) is 11.3 Å². The highest BCUT2D eigenvalue weighted by Gasteiger charge is 2.20. The first kappa shape index (κ1) is 23.3. The first-order valence-corrected chi connectivity index (χ1v) is 9.40. The maximum Gasteiger partial charge on any atom is 0.191 e. The molecular weight excluding hydrogens is 513 g/mol. The van der Waals surface area contributed by atoms with Gasteiger partial charge < -0.3 is 24.8 Å². The number of nitrogens with one attached hydrogen (secondary N) is 2. The lowest BCUT2D eigenvalue weighted by Gasteiger charge is -2.15. The SMILES string of the molecule is CN=C(NCCCOCC1CC1)NCc1cc(OC)c(OC)cc1Br.I. The fourth-order valence-electron chi connectivity index (χ4n) is 2.35. The molecule has 0 heterocycles. The van der Waals surface area contributed by atoms with Gasteiger partial charge in [0.2, 0.25) is 0 Å². The summed E-state index contributed by atoms with van der Waals surface area (Å²) < 4.78 is 17.2. The van der Waals surface area contributed by atoms with Crippen LogP contribution in [0, 0.1) is 5.92 Å². The van der Waals surface area contributed by atoms with Gasteiger partial charge in [0.05, 0.1) is 14.2 Å². The van der Waals surface area contributed by atoms with Gasteiger partial charge in [-0.15, -0.1) is 24.0 Å². The Morgan fingerprint density at radius 3 is 2.50 bits per heavy atom. The number of rotatable bonds is 10. The highest BCUT2D eigenvalue weighted by molar-refractivity contribution is 14.0. The normalized spacial score (nSPS) is 13.8. The number of benzene rings is 1. The van der Waals surface area contributed by atoms with Crippen molar-refractivity contribution in [3.05, 3.63) is 22.2 Å². The fraction of sp³-hybridized carbons (Fsp3) is 0.611. The van der Waals surface area contributed by atoms with E-state index in [4.69, 9.17) is 14.2 Å². The minimum absolute atomic E-state index is 0. The Kier molecular flexibility index (Phi) is 11.3. The summed E-state index contributed by atoms with van der Waals surface area (Å²) in [4.78, 5) is 4.25. The van der Waals surface area contributed by atoms with Gasteiger partial charge in [-0.05, 0) is 42.9 Å². The van der Waals surface area contributed by atoms with Crippen LogP contribution < -0.4 is 20.1 Å². The summed E-state index contributed by atoms with van der Waals surface area (Å²) in [5.74, 6) is 3.00. The van der Waals surface area contributed by atoms with Gasteiger partial charge in [0.15, 0.2) is 17.5 Å². The van der Waals surface area contributed by atoms with Crippen molar-refractivity contribution in [3.63, 3.8) is 0 Å². The molecule has 0 saturated heterocycles. The predicted molar refractivity (Wildman–Crippen MR) is 119 cm³/mol. The second-order valence-electron chi connectivity index (χ2n) is 6.02. The standard InChI is InChI=1S/C18H28BrN3O3.HI/c1-20-18(21-7-4-8-25-12-13-5-6-13)22-11-14-9-16(23-2)17(24-3)10-15(14)19;/h9-10,13H,4-8,11-12H2,1-3H3,(H2,20,21,22);1H. The van der Waals surface area contributed by atoms with E-state index in [2.05, 4.69) is 31.6 Å². The van der Waals surface area contributed by atoms with Crippen LogP contribution >= 0.6 is 39.9 Å². The molecule has 1 aromatic rings. The third kappa shape index (κ3) is 7.87. The molecule has 0 radical (unpaired) electrons. The van der Waals surface area contributed by atoms with Gasteiger partial charge >= 0.3 is 0 Å². The smallest absolute Gasteiger partial charge is 0.191 e. The number of nitrogens with zero attached hydrogens (tertiary/aromatic N) is 1. The monoisotopic (exact) mass is 541 g/mol. The number of guanidine groups is 1. The van der Waals surface area contributed by atoms with Crippen LogP contribution in [0.15, 0.2) is 21.6 Å². The van der Waals surface area contributed by atoms with Crippen molar-refractivity contribution in [2.45, 2.75) is 25.8 Å². The van der Waals surface area contributed by atoms with Crippen LogP contribution in [0.25, 0.3) is 0 Å². The van der Waals surface area contributed by atoms with E-state index < -0.39 is 0 Å². The molecule has 6 nitrogen and oxygen atoms in total. The molecule has 0 bridgehead atoms. The van der Waals surface area contributed by atoms with Gasteiger partial charge in [0, 0.05) is 37.8 Å². The Labute approximate surface area is 181 Å². The van der Waals surface area contributed by atoms with E-state index in [9.17, 15) is 0 Å². The Morgan fingerprint density at radius 1 is 1.19 bits per heavy atom. The minimum Gasteiger partial charge on any atom is -0.493 e. The molecule has 0 spiro atoms. The summed E-state index contributed by atoms with van der Waals surface area (Å²) in [6, 6.07) is 3.86. The van der Waals surface area contributed by atoms with Crippen LogP contribution in [0.2, 0.25) is 0 Å². The molecule has 0 amide bonds. The number of hydrogen-bond donors (Lipinski definition) is 2. The van der Waals surface area contributed by atoms with Crippen LogP contribution in [0.3, 0.4) is 0 Å². The number of halogens is 2. The van der Waals surface area contributed by atoms with Crippen molar-refractivity contribution in [2.24, 2.45) is 10.9 Å². The zero-order valence-corrected chi connectivity index (χ0v) is 19.6. The number of methoxy groups -OCH3 is 2. The van der Waals surface area contributed by atoms with Crippen LogP contribution in [0.5, 0.6) is 11.5 Å². The molecule has 148 valence electrons. The molecule has 2 N–H and O–H groups in total. The quantitative estimate of drug-likeness (QED) is 0.205. The molecule has 1 aromatic carbocycles. The van der Waals surface area contributed by atoms with E-state index >= 15 is 0 Å². The topological polar surface area (TPSA) is 64.1 Å². The van der Waals surface area contributed by atoms with Crippen molar-refractivity contribution in [1.82, 2.24) is 10.6 Å². The lowest BCUT2D eigenvalue weighted by atomic mass is 10.2. The van der Waals surface area contributed by atoms with Gasteiger partial charge in [-0.3, -0.25) is 4.99 Å². The number of aliphatic imine (C=N–C) groups is 1. The largest absolute Gasteiger partial charge is 0.493 e. The van der Waals surface area contributed by atoms with Crippen molar-refractivity contribution >= 4 is 45.9 Å². The van der Waals surface area contributed by atoms with E-state index in [0.717, 1.165) is 48.1 Å². The number of hydrogen-bond acceptors (Lipinski definition) is 4. The van der Waals surface area contributed by atoms with Crippen LogP contribution in [0.4, 0.5) is 0 Å². The Hall–Kier alpha value is -0.740. The fourth-order valence-corrected chi connectivity index (χ4v) is 2.81. The zero-order chi connectivity index (χ0) is 18.1. The van der Waals surface area contributed by atoms with Crippen molar-refractivity contribution in [2.75, 3.05) is 41.0 Å². The maximum absolute atomic E-state index is 5.63. The lowest BCUT2D eigenvalue weighted by Crippen LogP contribution is -2.37. The Morgan fingerprint density at radius 2 is 1.88 bits per heavy atom. The highest BCUT2D eigenvalue weighted by Crippen LogP contribution is 2.33. The molecule has 1 aliphatic carbocycles. The average Bonchev–Trinajstić information content (AvgIpc) is 3.45. The van der Waals surface area contributed by atoms with Gasteiger partial charge in [-0.25, -0.2) is 0 Å². The summed E-state index contributed by atoms with van der Waals surface area (Å²) in [6.07, 6.45) is 3.63. The van der Waals surface area contributed by atoms with Crippen LogP contribution in [0.1, 0.15) is 24.8 Å². The summed E-state index contributed by atoms with van der Waals surface area (Å²) >= 11 is 3.57. The zero-order valence-electron chi connectivity index (χ0n) is 15.6. The molecular formula is C18H29BrIN3O3. The second kappa shape index (κ2) is 12.6. The van der Waals surface area contributed by atoms with Crippen molar-refractivity contribution in [3.8, 4) is 11.5 Å². The minimum atomic E-state index is 0. The first-order valence-electron chi connectivity index (χ1n) is 8.60. The summed E-state index contributed by atoms with van der Waals surface area (Å²) in [5.41, 5.74) is 1.06. The Bertz CT molecular complexity index is 583. The van der Waals surface area contributed by atoms with Gasteiger partial charge in [-0.1, -0.05) is 15.9 Å². The molecule has 2 rings (SSSR count). The van der Waals surface area contributed by atoms with E-state index in [-0.39, 0.29) is 24.0 Å². The van der Waals surface area contributed by atoms with Gasteiger partial charge in [0.1, 0.15) is 0 Å². The van der Waals surface area contributed by atoms with E-state index in [1.165, 1.54) is 12.8 Å². The summed E-state index contributed by atoms with van der Waals surface area (Å²) in [5, 5.41) is 6.61. The maximum atomic E-state index is 5.63. The lowest BCUT2D eigenvalue weighted by molar-refractivity contribution is 0.123. The molecule has 1 aliphatic rings. The summed E-state index contributed by atoms with van der Waals surface area (Å²) in [7, 11) is 5.03.